The fourth-order valence-electron chi connectivity index (χ4n) is 3.43. The minimum atomic E-state index is 0.712. The molecule has 26 heavy (non-hydrogen) atoms. The van der Waals surface area contributed by atoms with Crippen molar-refractivity contribution in [2.24, 2.45) is 5.11 Å². The van der Waals surface area contributed by atoms with Crippen LogP contribution in [0.25, 0.3) is 10.2 Å². The van der Waals surface area contributed by atoms with E-state index in [0.29, 0.717) is 6.61 Å². The molecule has 0 atom stereocenters. The Morgan fingerprint density at radius 2 is 1.88 bits per heavy atom. The number of anilines is 1. The molecule has 1 aromatic heterocycles. The summed E-state index contributed by atoms with van der Waals surface area (Å²) in [7, 11) is 0. The summed E-state index contributed by atoms with van der Waals surface area (Å²) in [5, 5.41) is 5.03. The summed E-state index contributed by atoms with van der Waals surface area (Å²) in [5.41, 5.74) is 7.30. The van der Waals surface area contributed by atoms with Crippen LogP contribution in [0.1, 0.15) is 64.7 Å². The van der Waals surface area contributed by atoms with Gasteiger partial charge in [-0.1, -0.05) is 50.4 Å². The summed E-state index contributed by atoms with van der Waals surface area (Å²) in [4.78, 5) is 7.23. The average molecular weight is 376 g/mol. The maximum atomic E-state index is 5.97. The predicted octanol–water partition coefficient (Wildman–Crippen LogP) is 4.87. The molecule has 1 fully saturated rings. The topological polar surface area (TPSA) is 63.3 Å². The van der Waals surface area contributed by atoms with Gasteiger partial charge in [-0.15, -0.1) is 0 Å². The zero-order valence-electron chi connectivity index (χ0n) is 15.9. The second kappa shape index (κ2) is 9.86. The van der Waals surface area contributed by atoms with E-state index < -0.39 is 0 Å². The molecule has 0 aliphatic carbocycles. The summed E-state index contributed by atoms with van der Waals surface area (Å²) in [5.74, 6) is 0.754. The van der Waals surface area contributed by atoms with Crippen molar-refractivity contribution < 1.29 is 10.3 Å². The van der Waals surface area contributed by atoms with Gasteiger partial charge >= 0.3 is 0 Å². The van der Waals surface area contributed by atoms with Crippen molar-refractivity contribution in [3.05, 3.63) is 12.1 Å². The van der Waals surface area contributed by atoms with Gasteiger partial charge in [0.25, 0.3) is 0 Å². The molecule has 2 heterocycles. The van der Waals surface area contributed by atoms with Crippen LogP contribution >= 0.6 is 11.3 Å². The highest BCUT2D eigenvalue weighted by molar-refractivity contribution is 7.22. The summed E-state index contributed by atoms with van der Waals surface area (Å²) >= 11 is 1.73. The number of unbranched alkanes of at least 4 members (excludes halogenated alkanes) is 5. The van der Waals surface area contributed by atoms with Crippen molar-refractivity contribution in [2.75, 3.05) is 24.6 Å². The standard InChI is InChI=1S/C20H30N4OS/c1-2-3-4-5-6-10-13-25-18-14-17-19(15-16(18)23-21)26-20(22-17)24-11-8-7-9-12-24/h14-15,21H,2-13H2,1H3/p+1. The van der Waals surface area contributed by atoms with Crippen molar-refractivity contribution >= 4 is 32.4 Å². The molecule has 142 valence electrons. The van der Waals surface area contributed by atoms with E-state index in [0.717, 1.165) is 46.3 Å². The first-order chi connectivity index (χ1) is 12.8. The van der Waals surface area contributed by atoms with Crippen LogP contribution in [0.3, 0.4) is 0 Å². The lowest BCUT2D eigenvalue weighted by Gasteiger charge is -2.25. The van der Waals surface area contributed by atoms with E-state index in [1.165, 1.54) is 51.4 Å². The van der Waals surface area contributed by atoms with Gasteiger partial charge in [0, 0.05) is 19.2 Å². The number of nitrogens with two attached hydrogens (primary N) is 1. The molecule has 5 nitrogen and oxygen atoms in total. The van der Waals surface area contributed by atoms with E-state index in [4.69, 9.17) is 15.3 Å². The summed E-state index contributed by atoms with van der Waals surface area (Å²) < 4.78 is 7.10. The van der Waals surface area contributed by atoms with Gasteiger partial charge in [0.15, 0.2) is 16.6 Å². The maximum Gasteiger partial charge on any atom is 0.186 e. The number of benzene rings is 1. The summed E-state index contributed by atoms with van der Waals surface area (Å²) in [6.07, 6.45) is 11.3. The normalized spacial score (nSPS) is 14.7. The van der Waals surface area contributed by atoms with Crippen LogP contribution in [-0.2, 0) is 0 Å². The average Bonchev–Trinajstić information content (AvgIpc) is 3.10. The molecule has 0 amide bonds. The molecule has 0 saturated carbocycles. The van der Waals surface area contributed by atoms with Crippen LogP contribution < -0.4 is 15.2 Å². The van der Waals surface area contributed by atoms with Gasteiger partial charge in [-0.25, -0.2) is 4.98 Å². The molecule has 0 bridgehead atoms. The van der Waals surface area contributed by atoms with Gasteiger partial charge in [0.05, 0.1) is 16.8 Å². The highest BCUT2D eigenvalue weighted by Crippen LogP contribution is 2.37. The van der Waals surface area contributed by atoms with Gasteiger partial charge in [-0.05, 0) is 36.9 Å². The monoisotopic (exact) mass is 375 g/mol. The number of piperidine rings is 1. The second-order valence-electron chi connectivity index (χ2n) is 7.08. The number of thiazole rings is 1. The molecule has 2 N–H and O–H groups in total. The molecule has 3 rings (SSSR count). The van der Waals surface area contributed by atoms with Gasteiger partial charge in [0.1, 0.15) is 0 Å². The SMILES string of the molecule is CCCCCCCCOc1cc2nc(N3CCCCC3)sc2cc1N=[NH2+]. The summed E-state index contributed by atoms with van der Waals surface area (Å²) in [6, 6.07) is 4.01. The predicted molar refractivity (Wildman–Crippen MR) is 109 cm³/mol. The lowest BCUT2D eigenvalue weighted by Crippen LogP contribution is -2.29. The molecule has 2 aromatic rings. The Morgan fingerprint density at radius 1 is 1.12 bits per heavy atom. The van der Waals surface area contributed by atoms with E-state index in [2.05, 4.69) is 16.9 Å². The minimum absolute atomic E-state index is 0.712. The molecule has 6 heteroatoms. The van der Waals surface area contributed by atoms with Crippen molar-refractivity contribution in [1.29, 1.82) is 0 Å². The van der Waals surface area contributed by atoms with E-state index >= 15 is 0 Å². The lowest BCUT2D eigenvalue weighted by molar-refractivity contribution is -0.210. The molecule has 1 aliphatic heterocycles. The first-order valence-corrected chi connectivity index (χ1v) is 10.9. The van der Waals surface area contributed by atoms with Crippen LogP contribution in [0.4, 0.5) is 10.8 Å². The van der Waals surface area contributed by atoms with Crippen LogP contribution in [0.2, 0.25) is 0 Å². The number of ether oxygens (including phenoxy) is 1. The Hall–Kier alpha value is -1.69. The van der Waals surface area contributed by atoms with Crippen LogP contribution in [0, 0.1) is 0 Å². The zero-order valence-corrected chi connectivity index (χ0v) is 16.7. The van der Waals surface area contributed by atoms with Crippen LogP contribution in [-0.4, -0.2) is 24.7 Å². The first-order valence-electron chi connectivity index (χ1n) is 10.0. The number of hydrogen-bond acceptors (Lipinski definition) is 5. The third-order valence-corrected chi connectivity index (χ3v) is 6.06. The van der Waals surface area contributed by atoms with Gasteiger partial charge < -0.3 is 9.64 Å². The van der Waals surface area contributed by atoms with Crippen molar-refractivity contribution in [3.63, 3.8) is 0 Å². The molecular formula is C20H31N4OS+. The highest BCUT2D eigenvalue weighted by atomic mass is 32.1. The molecule has 0 radical (unpaired) electrons. The van der Waals surface area contributed by atoms with Crippen molar-refractivity contribution in [2.45, 2.75) is 64.7 Å². The van der Waals surface area contributed by atoms with Gasteiger partial charge in [0.2, 0.25) is 0 Å². The fourth-order valence-corrected chi connectivity index (χ4v) is 4.47. The lowest BCUT2D eigenvalue weighted by atomic mass is 10.1. The number of rotatable bonds is 10. The quantitative estimate of drug-likeness (QED) is 0.476. The minimum Gasteiger partial charge on any atom is -0.491 e. The number of aromatic nitrogens is 1. The smallest absolute Gasteiger partial charge is 0.186 e. The Morgan fingerprint density at radius 3 is 2.65 bits per heavy atom. The molecule has 1 aromatic carbocycles. The highest BCUT2D eigenvalue weighted by Gasteiger charge is 2.17. The van der Waals surface area contributed by atoms with Crippen LogP contribution in [0.5, 0.6) is 5.75 Å². The largest absolute Gasteiger partial charge is 0.491 e. The Balaban J connectivity index is 1.62. The number of nitrogens with zero attached hydrogens (tertiary/aromatic N) is 3. The van der Waals surface area contributed by atoms with Gasteiger partial charge in [-0.2, -0.15) is 5.53 Å². The molecule has 1 saturated heterocycles. The fraction of sp³-hybridized carbons (Fsp3) is 0.650. The Kier molecular flexibility index (Phi) is 7.23. The molecular weight excluding hydrogens is 344 g/mol. The molecule has 1 aliphatic rings. The zero-order chi connectivity index (χ0) is 18.2. The Bertz CT molecular complexity index is 709. The Labute approximate surface area is 160 Å². The molecule has 0 unspecified atom stereocenters. The summed E-state index contributed by atoms with van der Waals surface area (Å²) in [6.45, 7) is 5.17. The van der Waals surface area contributed by atoms with Crippen molar-refractivity contribution in [3.8, 4) is 5.75 Å². The number of hydrogen-bond donors (Lipinski definition) is 1. The van der Waals surface area contributed by atoms with Gasteiger partial charge in [-0.3, -0.25) is 0 Å². The maximum absolute atomic E-state index is 5.97. The number of fused-ring (bicyclic) bond motifs is 1. The molecule has 0 spiro atoms. The first kappa shape index (κ1) is 19.1. The third kappa shape index (κ3) is 4.93. The van der Waals surface area contributed by atoms with Crippen molar-refractivity contribution in [1.82, 2.24) is 4.98 Å². The second-order valence-corrected chi connectivity index (χ2v) is 8.09. The van der Waals surface area contributed by atoms with E-state index in [1.54, 1.807) is 11.3 Å². The van der Waals surface area contributed by atoms with E-state index in [1.807, 2.05) is 12.1 Å². The third-order valence-electron chi connectivity index (χ3n) is 4.98. The van der Waals surface area contributed by atoms with E-state index in [9.17, 15) is 0 Å². The van der Waals surface area contributed by atoms with Crippen LogP contribution in [0.15, 0.2) is 17.2 Å². The van der Waals surface area contributed by atoms with E-state index in [-0.39, 0.29) is 0 Å².